The number of hydrogen-bond donors (Lipinski definition) is 0. The van der Waals surface area contributed by atoms with Gasteiger partial charge in [0.2, 0.25) is 0 Å². The second-order valence-corrected chi connectivity index (χ2v) is 3.49. The number of rotatable bonds is 1. The zero-order chi connectivity index (χ0) is 7.99. The van der Waals surface area contributed by atoms with Crippen molar-refractivity contribution in [1.29, 1.82) is 0 Å². The summed E-state index contributed by atoms with van der Waals surface area (Å²) in [5, 5.41) is 0. The van der Waals surface area contributed by atoms with E-state index in [9.17, 15) is 13.2 Å². The molecular weight excluding hydrogens is 141 g/mol. The lowest BCUT2D eigenvalue weighted by Gasteiger charge is -2.27. The molecule has 0 aromatic rings. The predicted octanol–water partition coefficient (Wildman–Crippen LogP) is 2.98. The lowest BCUT2D eigenvalue weighted by molar-refractivity contribution is -0.218. The maximum Gasteiger partial charge on any atom is 0.394 e. The largest absolute Gasteiger partial charge is 0.394 e. The molecule has 0 unspecified atom stereocenters. The molecule has 0 aromatic heterocycles. The molecule has 0 saturated heterocycles. The minimum atomic E-state index is -4.02. The molecule has 0 amide bonds. The fourth-order valence-corrected chi connectivity index (χ4v) is 1.04. The second-order valence-electron chi connectivity index (χ2n) is 3.49. The third kappa shape index (κ3) is 1.13. The molecule has 0 heterocycles. The summed E-state index contributed by atoms with van der Waals surface area (Å²) < 4.78 is 36.4. The molecule has 0 spiro atoms. The topological polar surface area (TPSA) is 0 Å². The van der Waals surface area contributed by atoms with Crippen LogP contribution in [-0.4, -0.2) is 6.18 Å². The van der Waals surface area contributed by atoms with Crippen LogP contribution in [0.4, 0.5) is 13.2 Å². The van der Waals surface area contributed by atoms with Crippen LogP contribution in [0.1, 0.15) is 26.7 Å². The van der Waals surface area contributed by atoms with Crippen LogP contribution in [-0.2, 0) is 0 Å². The van der Waals surface area contributed by atoms with Crippen molar-refractivity contribution in [1.82, 2.24) is 0 Å². The van der Waals surface area contributed by atoms with E-state index in [2.05, 4.69) is 0 Å². The third-order valence-corrected chi connectivity index (χ3v) is 2.33. The number of hydrogen-bond acceptors (Lipinski definition) is 0. The Hall–Kier alpha value is -0.210. The standard InChI is InChI=1S/C7H11F3/c1-6(2,5-3-4-5)7(8,9)10/h5H,3-4H2,1-2H3. The predicted molar refractivity (Wildman–Crippen MR) is 32.6 cm³/mol. The Bertz CT molecular complexity index is 130. The minimum Gasteiger partial charge on any atom is -0.171 e. The van der Waals surface area contributed by atoms with Gasteiger partial charge in [-0.25, -0.2) is 0 Å². The summed E-state index contributed by atoms with van der Waals surface area (Å²) in [5.74, 6) is -0.118. The molecule has 0 nitrogen and oxygen atoms in total. The smallest absolute Gasteiger partial charge is 0.171 e. The fourth-order valence-electron chi connectivity index (χ4n) is 1.04. The van der Waals surface area contributed by atoms with Gasteiger partial charge in [0.1, 0.15) is 0 Å². The van der Waals surface area contributed by atoms with E-state index >= 15 is 0 Å². The molecule has 1 rings (SSSR count). The quantitative estimate of drug-likeness (QED) is 0.541. The average Bonchev–Trinajstić information content (AvgIpc) is 2.38. The van der Waals surface area contributed by atoms with Gasteiger partial charge in [-0.15, -0.1) is 0 Å². The minimum absolute atomic E-state index is 0.118. The van der Waals surface area contributed by atoms with E-state index in [1.54, 1.807) is 0 Å². The van der Waals surface area contributed by atoms with Crippen molar-refractivity contribution in [3.8, 4) is 0 Å². The van der Waals surface area contributed by atoms with Gasteiger partial charge in [-0.1, -0.05) is 13.8 Å². The molecule has 0 radical (unpaired) electrons. The van der Waals surface area contributed by atoms with Crippen molar-refractivity contribution in [3.63, 3.8) is 0 Å². The first kappa shape index (κ1) is 7.89. The third-order valence-electron chi connectivity index (χ3n) is 2.33. The summed E-state index contributed by atoms with van der Waals surface area (Å²) in [7, 11) is 0. The first-order chi connectivity index (χ1) is 4.36. The highest BCUT2D eigenvalue weighted by atomic mass is 19.4. The van der Waals surface area contributed by atoms with E-state index in [0.29, 0.717) is 0 Å². The zero-order valence-electron chi connectivity index (χ0n) is 6.13. The summed E-state index contributed by atoms with van der Waals surface area (Å²) in [5.41, 5.74) is -1.45. The van der Waals surface area contributed by atoms with Crippen LogP contribution in [0.5, 0.6) is 0 Å². The van der Waals surface area contributed by atoms with Crippen LogP contribution in [0, 0.1) is 11.3 Å². The van der Waals surface area contributed by atoms with Crippen molar-refractivity contribution < 1.29 is 13.2 Å². The Morgan fingerprint density at radius 2 is 1.50 bits per heavy atom. The second kappa shape index (κ2) is 1.89. The molecule has 0 bridgehead atoms. The monoisotopic (exact) mass is 152 g/mol. The summed E-state index contributed by atoms with van der Waals surface area (Å²) in [6.45, 7) is 2.56. The van der Waals surface area contributed by atoms with Crippen molar-refractivity contribution in [2.45, 2.75) is 32.9 Å². The highest BCUT2D eigenvalue weighted by Gasteiger charge is 2.55. The molecule has 60 valence electrons. The first-order valence-corrected chi connectivity index (χ1v) is 3.42. The Morgan fingerprint density at radius 3 is 1.60 bits per heavy atom. The van der Waals surface area contributed by atoms with Crippen molar-refractivity contribution in [2.75, 3.05) is 0 Å². The Kier molecular flexibility index (Phi) is 1.49. The fraction of sp³-hybridized carbons (Fsp3) is 1.00. The van der Waals surface area contributed by atoms with E-state index in [1.807, 2.05) is 0 Å². The molecule has 1 saturated carbocycles. The molecule has 1 aliphatic carbocycles. The molecule has 0 atom stereocenters. The average molecular weight is 152 g/mol. The lowest BCUT2D eigenvalue weighted by Crippen LogP contribution is -2.33. The molecule has 1 fully saturated rings. The Balaban J connectivity index is 2.66. The Morgan fingerprint density at radius 1 is 1.10 bits per heavy atom. The van der Waals surface area contributed by atoms with E-state index in [-0.39, 0.29) is 5.92 Å². The molecule has 0 aliphatic heterocycles. The normalized spacial score (nSPS) is 21.3. The first-order valence-electron chi connectivity index (χ1n) is 3.42. The van der Waals surface area contributed by atoms with E-state index in [0.717, 1.165) is 12.8 Å². The van der Waals surface area contributed by atoms with E-state index in [4.69, 9.17) is 0 Å². The van der Waals surface area contributed by atoms with Gasteiger partial charge in [0, 0.05) is 0 Å². The highest BCUT2D eigenvalue weighted by Crippen LogP contribution is 2.53. The van der Waals surface area contributed by atoms with Gasteiger partial charge < -0.3 is 0 Å². The summed E-state index contributed by atoms with van der Waals surface area (Å²) >= 11 is 0. The maximum atomic E-state index is 12.1. The van der Waals surface area contributed by atoms with Gasteiger partial charge in [-0.05, 0) is 18.8 Å². The van der Waals surface area contributed by atoms with Gasteiger partial charge in [0.25, 0.3) is 0 Å². The van der Waals surface area contributed by atoms with Gasteiger partial charge >= 0.3 is 6.18 Å². The van der Waals surface area contributed by atoms with Gasteiger partial charge in [0.05, 0.1) is 5.41 Å². The van der Waals surface area contributed by atoms with E-state index in [1.165, 1.54) is 13.8 Å². The van der Waals surface area contributed by atoms with E-state index < -0.39 is 11.6 Å². The molecule has 3 heteroatoms. The van der Waals surface area contributed by atoms with Crippen LogP contribution < -0.4 is 0 Å². The van der Waals surface area contributed by atoms with Gasteiger partial charge in [-0.2, -0.15) is 13.2 Å². The zero-order valence-corrected chi connectivity index (χ0v) is 6.13. The van der Waals surface area contributed by atoms with Crippen LogP contribution in [0.2, 0.25) is 0 Å². The maximum absolute atomic E-state index is 12.1. The van der Waals surface area contributed by atoms with Crippen LogP contribution in [0.25, 0.3) is 0 Å². The molecule has 0 aromatic carbocycles. The Labute approximate surface area is 58.4 Å². The molecule has 10 heavy (non-hydrogen) atoms. The highest BCUT2D eigenvalue weighted by molar-refractivity contribution is 4.92. The van der Waals surface area contributed by atoms with Crippen LogP contribution in [0.15, 0.2) is 0 Å². The van der Waals surface area contributed by atoms with Crippen LogP contribution in [0.3, 0.4) is 0 Å². The summed E-state index contributed by atoms with van der Waals surface area (Å²) in [6, 6.07) is 0. The molecule has 0 N–H and O–H groups in total. The van der Waals surface area contributed by atoms with Crippen molar-refractivity contribution in [3.05, 3.63) is 0 Å². The van der Waals surface area contributed by atoms with Crippen LogP contribution >= 0.6 is 0 Å². The molecular formula is C7H11F3. The number of halogens is 3. The SMILES string of the molecule is CC(C)(C1CC1)C(F)(F)F. The van der Waals surface area contributed by atoms with Crippen molar-refractivity contribution in [2.24, 2.45) is 11.3 Å². The van der Waals surface area contributed by atoms with Gasteiger partial charge in [-0.3, -0.25) is 0 Å². The molecule has 1 aliphatic rings. The van der Waals surface area contributed by atoms with Gasteiger partial charge in [0.15, 0.2) is 0 Å². The summed E-state index contributed by atoms with van der Waals surface area (Å²) in [6.07, 6.45) is -2.53. The lowest BCUT2D eigenvalue weighted by atomic mass is 9.87. The summed E-state index contributed by atoms with van der Waals surface area (Å²) in [4.78, 5) is 0. The number of alkyl halides is 3. The van der Waals surface area contributed by atoms with Crippen molar-refractivity contribution >= 4 is 0 Å².